The number of fused-ring (bicyclic) bond motifs is 2. The fourth-order valence-corrected chi connectivity index (χ4v) is 6.73. The van der Waals surface area contributed by atoms with E-state index >= 15 is 0 Å². The van der Waals surface area contributed by atoms with Crippen molar-refractivity contribution >= 4 is 17.5 Å². The lowest BCUT2D eigenvalue weighted by Gasteiger charge is -2.28. The monoisotopic (exact) mass is 690 g/mol. The molecule has 3 aromatic carbocycles. The number of nitrogens with one attached hydrogen (secondary N) is 2. The van der Waals surface area contributed by atoms with Crippen LogP contribution in [0.2, 0.25) is 0 Å². The molecule has 0 saturated carbocycles. The Hall–Kier alpha value is -5.20. The molecule has 0 bridgehead atoms. The van der Waals surface area contributed by atoms with E-state index < -0.39 is 0 Å². The number of nitrogens with zero attached hydrogens (tertiary/aromatic N) is 6. The molecule has 0 unspecified atom stereocenters. The first-order valence-electron chi connectivity index (χ1n) is 17.7. The van der Waals surface area contributed by atoms with Gasteiger partial charge in [0, 0.05) is 36.8 Å². The van der Waals surface area contributed by atoms with Crippen molar-refractivity contribution < 1.29 is 19.4 Å². The Morgan fingerprint density at radius 2 is 1.69 bits per heavy atom. The predicted octanol–water partition coefficient (Wildman–Crippen LogP) is 6.14. The number of aromatic nitrogens is 5. The highest BCUT2D eigenvalue weighted by molar-refractivity contribution is 6.00. The molecule has 12 heteroatoms. The number of ether oxygens (including phenoxy) is 2. The van der Waals surface area contributed by atoms with E-state index in [0.717, 1.165) is 95.6 Å². The van der Waals surface area contributed by atoms with Crippen LogP contribution in [0.3, 0.4) is 0 Å². The molecule has 0 fully saturated rings. The van der Waals surface area contributed by atoms with Crippen LogP contribution in [0.4, 0.5) is 16.3 Å². The normalized spacial score (nSPS) is 14.2. The van der Waals surface area contributed by atoms with Crippen LogP contribution in [0.5, 0.6) is 11.5 Å². The number of hydrogen-bond acceptors (Lipinski definition) is 8. The number of hydrogen-bond donors (Lipinski definition) is 3. The summed E-state index contributed by atoms with van der Waals surface area (Å²) in [6.07, 6.45) is 2.81. The van der Waals surface area contributed by atoms with Crippen molar-refractivity contribution in [2.24, 2.45) is 0 Å². The van der Waals surface area contributed by atoms with Crippen molar-refractivity contribution in [3.63, 3.8) is 0 Å². The number of amides is 2. The second-order valence-electron chi connectivity index (χ2n) is 14.2. The molecule has 51 heavy (non-hydrogen) atoms. The summed E-state index contributed by atoms with van der Waals surface area (Å²) in [4.78, 5) is 15.7. The average Bonchev–Trinajstić information content (AvgIpc) is 3.88. The molecule has 5 aromatic rings. The summed E-state index contributed by atoms with van der Waals surface area (Å²) < 4.78 is 16.1. The summed E-state index contributed by atoms with van der Waals surface area (Å²) in [7, 11) is 0. The number of carbonyl (C=O) groups is 1. The fraction of sp³-hybridized carbons (Fsp3) is 0.385. The van der Waals surface area contributed by atoms with Gasteiger partial charge in [-0.2, -0.15) is 5.10 Å². The summed E-state index contributed by atoms with van der Waals surface area (Å²) in [5.41, 5.74) is 6.73. The van der Waals surface area contributed by atoms with Crippen molar-refractivity contribution in [1.82, 2.24) is 29.4 Å². The van der Waals surface area contributed by atoms with E-state index in [1.807, 2.05) is 73.7 Å². The van der Waals surface area contributed by atoms with Gasteiger partial charge in [-0.3, -0.25) is 10.2 Å². The summed E-state index contributed by atoms with van der Waals surface area (Å²) in [5, 5.41) is 29.2. The van der Waals surface area contributed by atoms with Gasteiger partial charge in [-0.15, -0.1) is 10.2 Å². The van der Waals surface area contributed by atoms with Crippen LogP contribution < -0.4 is 20.1 Å². The van der Waals surface area contributed by atoms with E-state index in [1.54, 1.807) is 4.68 Å². The molecule has 0 spiro atoms. The van der Waals surface area contributed by atoms with E-state index in [4.69, 9.17) is 14.6 Å². The van der Waals surface area contributed by atoms with E-state index in [-0.39, 0.29) is 24.7 Å². The molecule has 2 amide bonds. The van der Waals surface area contributed by atoms with Crippen molar-refractivity contribution in [3.8, 4) is 28.6 Å². The maximum absolute atomic E-state index is 13.4. The number of anilines is 2. The molecule has 0 atom stereocenters. The lowest BCUT2D eigenvalue weighted by atomic mass is 9.92. The van der Waals surface area contributed by atoms with E-state index in [2.05, 4.69) is 51.1 Å². The highest BCUT2D eigenvalue weighted by atomic mass is 16.5. The zero-order valence-electron chi connectivity index (χ0n) is 29.8. The molecule has 3 heterocycles. The molecule has 0 radical (unpaired) electrons. The highest BCUT2D eigenvalue weighted by Crippen LogP contribution is 2.37. The minimum atomic E-state index is -0.311. The van der Waals surface area contributed by atoms with Crippen LogP contribution in [-0.2, 0) is 31.3 Å². The third kappa shape index (κ3) is 7.47. The van der Waals surface area contributed by atoms with Crippen LogP contribution >= 0.6 is 0 Å². The van der Waals surface area contributed by atoms with E-state index in [0.29, 0.717) is 24.7 Å². The number of rotatable bonds is 11. The van der Waals surface area contributed by atoms with Crippen LogP contribution in [0.1, 0.15) is 55.4 Å². The third-order valence-corrected chi connectivity index (χ3v) is 9.46. The van der Waals surface area contributed by atoms with Crippen LogP contribution in [0.15, 0.2) is 66.7 Å². The number of aliphatic hydroxyl groups is 1. The largest absolute Gasteiger partial charge is 0.492 e. The lowest BCUT2D eigenvalue weighted by Crippen LogP contribution is -2.36. The average molecular weight is 691 g/mol. The van der Waals surface area contributed by atoms with Crippen molar-refractivity contribution in [2.45, 2.75) is 65.5 Å². The number of carbonyl (C=O) groups excluding carboxylic acids is 1. The molecular formula is C39H46N8O4. The SMILES string of the molecule is Cc1ccc(-n2nc(C(C)(C)C)cc2NC(=O)Nc2ccc(OCCN3CCn4c(nnc4-c4ccccc4OCCO)C3)c3c2CCC3)cc1. The number of para-hydroxylation sites is 1. The molecule has 7 rings (SSSR count). The minimum absolute atomic E-state index is 0.0495. The van der Waals surface area contributed by atoms with E-state index in [1.165, 1.54) is 0 Å². The van der Waals surface area contributed by atoms with Crippen LogP contribution in [0, 0.1) is 6.92 Å². The maximum Gasteiger partial charge on any atom is 0.324 e. The number of aliphatic hydroxyl groups excluding tert-OH is 1. The second-order valence-corrected chi connectivity index (χ2v) is 14.2. The molecule has 2 aromatic heterocycles. The smallest absolute Gasteiger partial charge is 0.324 e. The zero-order chi connectivity index (χ0) is 35.5. The van der Waals surface area contributed by atoms with Crippen LogP contribution in [0.25, 0.3) is 17.1 Å². The first-order chi connectivity index (χ1) is 24.7. The quantitative estimate of drug-likeness (QED) is 0.151. The number of urea groups is 1. The van der Waals surface area contributed by atoms with Gasteiger partial charge < -0.3 is 24.5 Å². The van der Waals surface area contributed by atoms with Gasteiger partial charge in [0.2, 0.25) is 0 Å². The molecule has 2 aliphatic rings. The maximum atomic E-state index is 13.4. The molecule has 0 saturated heterocycles. The van der Waals surface area contributed by atoms with Gasteiger partial charge in [-0.25, -0.2) is 9.48 Å². The number of aryl methyl sites for hydroxylation is 1. The Bertz CT molecular complexity index is 2010. The van der Waals surface area contributed by atoms with Gasteiger partial charge in [0.25, 0.3) is 0 Å². The van der Waals surface area contributed by atoms with Crippen molar-refractivity contribution in [1.29, 1.82) is 0 Å². The molecule has 1 aliphatic heterocycles. The topological polar surface area (TPSA) is 132 Å². The summed E-state index contributed by atoms with van der Waals surface area (Å²) in [6, 6.07) is 21.4. The first-order valence-corrected chi connectivity index (χ1v) is 17.7. The Morgan fingerprint density at radius 1 is 0.902 bits per heavy atom. The highest BCUT2D eigenvalue weighted by Gasteiger charge is 2.26. The molecule has 12 nitrogen and oxygen atoms in total. The van der Waals surface area contributed by atoms with Gasteiger partial charge in [0.15, 0.2) is 5.82 Å². The fourth-order valence-electron chi connectivity index (χ4n) is 6.73. The lowest BCUT2D eigenvalue weighted by molar-refractivity contribution is 0.174. The summed E-state index contributed by atoms with van der Waals surface area (Å²) in [5.74, 6) is 3.86. The van der Waals surface area contributed by atoms with Gasteiger partial charge in [-0.1, -0.05) is 50.6 Å². The minimum Gasteiger partial charge on any atom is -0.492 e. The first kappa shape index (κ1) is 34.3. The van der Waals surface area contributed by atoms with Crippen molar-refractivity contribution in [2.75, 3.05) is 43.5 Å². The Labute approximate surface area is 298 Å². The Morgan fingerprint density at radius 3 is 2.49 bits per heavy atom. The van der Waals surface area contributed by atoms with Crippen molar-refractivity contribution in [3.05, 3.63) is 94.9 Å². The molecule has 266 valence electrons. The molecular weight excluding hydrogens is 644 g/mol. The van der Waals surface area contributed by atoms with Gasteiger partial charge >= 0.3 is 6.03 Å². The van der Waals surface area contributed by atoms with Gasteiger partial charge in [0.1, 0.15) is 36.4 Å². The molecule has 3 N–H and O–H groups in total. The Kier molecular flexibility index (Phi) is 9.79. The standard InChI is InChI=1S/C39H46N8O4/c1-26-12-14-27(15-13-26)47-35(24-34(44-47)39(2,3)4)41-38(49)40-31-16-17-33(29-10-7-9-28(29)31)50-22-20-45-18-19-46-36(25-45)42-43-37(46)30-8-5-6-11-32(30)51-23-21-48/h5-6,8,11-17,24,48H,7,9-10,18-23,25H2,1-4H3,(H2,40,41,49). The Balaban J connectivity index is 0.980. The van der Waals surface area contributed by atoms with Crippen LogP contribution in [-0.4, -0.2) is 73.5 Å². The second kappa shape index (κ2) is 14.6. The van der Waals surface area contributed by atoms with E-state index in [9.17, 15) is 9.90 Å². The zero-order valence-corrected chi connectivity index (χ0v) is 29.8. The summed E-state index contributed by atoms with van der Waals surface area (Å²) >= 11 is 0. The summed E-state index contributed by atoms with van der Waals surface area (Å²) in [6.45, 7) is 12.1. The van der Waals surface area contributed by atoms with Gasteiger partial charge in [0.05, 0.1) is 30.1 Å². The van der Waals surface area contributed by atoms with Gasteiger partial charge in [-0.05, 0) is 73.7 Å². The molecule has 1 aliphatic carbocycles. The number of benzene rings is 3. The third-order valence-electron chi connectivity index (χ3n) is 9.46. The predicted molar refractivity (Wildman–Crippen MR) is 197 cm³/mol.